The van der Waals surface area contributed by atoms with Gasteiger partial charge in [0.1, 0.15) is 30.1 Å². The van der Waals surface area contributed by atoms with Crippen LogP contribution in [0.4, 0.5) is 17.6 Å². The van der Waals surface area contributed by atoms with E-state index < -0.39 is 17.6 Å². The molecule has 0 spiro atoms. The fourth-order valence-corrected chi connectivity index (χ4v) is 3.41. The van der Waals surface area contributed by atoms with Gasteiger partial charge in [0.15, 0.2) is 0 Å². The predicted molar refractivity (Wildman–Crippen MR) is 123 cm³/mol. The van der Waals surface area contributed by atoms with Gasteiger partial charge in [0.25, 0.3) is 0 Å². The molecule has 2 heterocycles. The summed E-state index contributed by atoms with van der Waals surface area (Å²) < 4.78 is 64.9. The predicted octanol–water partition coefficient (Wildman–Crippen LogP) is 6.80. The number of ether oxygens (including phenoxy) is 1. The average Bonchev–Trinajstić information content (AvgIpc) is 3.52. The zero-order valence-corrected chi connectivity index (χ0v) is 18.7. The molecule has 2 aromatic heterocycles. The molecule has 0 fully saturated rings. The van der Waals surface area contributed by atoms with Gasteiger partial charge in [-0.1, -0.05) is 18.2 Å². The van der Waals surface area contributed by atoms with Crippen molar-refractivity contribution in [1.82, 2.24) is 14.8 Å². The molecule has 9 heteroatoms. The minimum Gasteiger partial charge on any atom is -0.487 e. The molecule has 4 rings (SSSR count). The van der Waals surface area contributed by atoms with Crippen molar-refractivity contribution in [2.75, 3.05) is 0 Å². The van der Waals surface area contributed by atoms with E-state index in [2.05, 4.69) is 10.1 Å². The van der Waals surface area contributed by atoms with Crippen LogP contribution in [0.3, 0.4) is 0 Å². The van der Waals surface area contributed by atoms with Crippen molar-refractivity contribution < 1.29 is 26.7 Å². The Bertz CT molecular complexity index is 1250. The number of nitrogens with zero attached hydrogens (tertiary/aromatic N) is 3. The molecule has 2 aromatic carbocycles. The van der Waals surface area contributed by atoms with Crippen molar-refractivity contribution in [3.8, 4) is 5.75 Å². The molecular weight excluding hydrogens is 462 g/mol. The van der Waals surface area contributed by atoms with Crippen molar-refractivity contribution in [2.45, 2.75) is 38.6 Å². The zero-order valence-electron chi connectivity index (χ0n) is 18.7. The van der Waals surface area contributed by atoms with E-state index in [1.54, 1.807) is 6.20 Å². The third kappa shape index (κ3) is 7.05. The Morgan fingerprint density at radius 3 is 2.57 bits per heavy atom. The number of benzene rings is 2. The van der Waals surface area contributed by atoms with Crippen LogP contribution in [0.1, 0.15) is 41.1 Å². The summed E-state index contributed by atoms with van der Waals surface area (Å²) in [4.78, 5) is 4.23. The van der Waals surface area contributed by atoms with Crippen LogP contribution >= 0.6 is 0 Å². The molecule has 35 heavy (non-hydrogen) atoms. The van der Waals surface area contributed by atoms with Crippen LogP contribution in [0.15, 0.2) is 71.6 Å². The number of rotatable bonds is 10. The molecular formula is C26H23F4N3O2. The number of unbranched alkanes of at least 4 members (excludes halogenated alkanes) is 1. The van der Waals surface area contributed by atoms with E-state index in [-0.39, 0.29) is 18.1 Å². The maximum Gasteiger partial charge on any atom is 0.416 e. The molecule has 5 nitrogen and oxygen atoms in total. The number of hydrogen-bond acceptors (Lipinski definition) is 4. The standard InChI is InChI=1S/C26H23F4N3O2/c27-24-16-21(26(28,29)30)9-7-20(24)8-12-25-32-22(18-35-25)17-34-23-10-5-19(6-11-23)4-1-2-14-33-15-3-13-31-33/h3,5-13,15-16,18H,1-2,4,14,17H2/b12-8+. The van der Waals surface area contributed by atoms with Gasteiger partial charge in [0.05, 0.1) is 5.56 Å². The minimum absolute atomic E-state index is 0.00419. The summed E-state index contributed by atoms with van der Waals surface area (Å²) in [6.45, 7) is 1.08. The molecule has 0 aliphatic heterocycles. The van der Waals surface area contributed by atoms with Gasteiger partial charge in [-0.25, -0.2) is 9.37 Å². The molecule has 0 aliphatic rings. The second-order valence-corrected chi connectivity index (χ2v) is 7.90. The lowest BCUT2D eigenvalue weighted by molar-refractivity contribution is -0.137. The highest BCUT2D eigenvalue weighted by Gasteiger charge is 2.30. The van der Waals surface area contributed by atoms with Gasteiger partial charge in [-0.05, 0) is 61.2 Å². The second kappa shape index (κ2) is 11.0. The first-order valence-corrected chi connectivity index (χ1v) is 11.1. The molecule has 0 radical (unpaired) electrons. The lowest BCUT2D eigenvalue weighted by Gasteiger charge is -2.07. The SMILES string of the molecule is Fc1cc(C(F)(F)F)ccc1/C=C/c1nc(COc2ccc(CCCCn3cccn3)cc2)co1. The van der Waals surface area contributed by atoms with Gasteiger partial charge >= 0.3 is 6.18 Å². The monoisotopic (exact) mass is 485 g/mol. The van der Waals surface area contributed by atoms with Crippen molar-refractivity contribution in [3.63, 3.8) is 0 Å². The maximum atomic E-state index is 13.9. The molecule has 0 aliphatic carbocycles. The normalized spacial score (nSPS) is 11.9. The Kier molecular flexibility index (Phi) is 7.64. The van der Waals surface area contributed by atoms with Gasteiger partial charge in [0.2, 0.25) is 5.89 Å². The molecule has 4 aromatic rings. The number of aryl methyl sites for hydroxylation is 2. The Labute approximate surface area is 199 Å². The summed E-state index contributed by atoms with van der Waals surface area (Å²) in [5.41, 5.74) is 0.707. The quantitative estimate of drug-likeness (QED) is 0.183. The lowest BCUT2D eigenvalue weighted by atomic mass is 10.1. The Hall–Kier alpha value is -3.88. The molecule has 0 unspecified atom stereocenters. The summed E-state index contributed by atoms with van der Waals surface area (Å²) in [6, 6.07) is 12.1. The van der Waals surface area contributed by atoms with Crippen LogP contribution in [0, 0.1) is 5.82 Å². The molecule has 0 atom stereocenters. The minimum atomic E-state index is -4.60. The number of halogens is 4. The summed E-state index contributed by atoms with van der Waals surface area (Å²) in [6.07, 6.45) is 6.33. The van der Waals surface area contributed by atoms with Crippen LogP contribution in [0.25, 0.3) is 12.2 Å². The second-order valence-electron chi connectivity index (χ2n) is 7.90. The summed E-state index contributed by atoms with van der Waals surface area (Å²) in [5.74, 6) is -0.0990. The third-order valence-corrected chi connectivity index (χ3v) is 5.27. The summed E-state index contributed by atoms with van der Waals surface area (Å²) in [7, 11) is 0. The maximum absolute atomic E-state index is 13.9. The van der Waals surface area contributed by atoms with Crippen LogP contribution in [0.2, 0.25) is 0 Å². The highest BCUT2D eigenvalue weighted by Crippen LogP contribution is 2.30. The Morgan fingerprint density at radius 1 is 1.03 bits per heavy atom. The summed E-state index contributed by atoms with van der Waals surface area (Å²) in [5, 5.41) is 4.19. The first-order valence-electron chi connectivity index (χ1n) is 11.1. The fourth-order valence-electron chi connectivity index (χ4n) is 3.41. The average molecular weight is 485 g/mol. The van der Waals surface area contributed by atoms with Crippen LogP contribution < -0.4 is 4.74 Å². The Morgan fingerprint density at radius 2 is 1.86 bits per heavy atom. The smallest absolute Gasteiger partial charge is 0.416 e. The van der Waals surface area contributed by atoms with E-state index in [4.69, 9.17) is 9.15 Å². The van der Waals surface area contributed by atoms with Gasteiger partial charge in [-0.2, -0.15) is 18.3 Å². The first kappa shape index (κ1) is 24.3. The molecule has 0 saturated carbocycles. The van der Waals surface area contributed by atoms with Gasteiger partial charge < -0.3 is 9.15 Å². The summed E-state index contributed by atoms with van der Waals surface area (Å²) >= 11 is 0. The molecule has 0 saturated heterocycles. The van der Waals surface area contributed by atoms with Crippen LogP contribution in [-0.2, 0) is 25.7 Å². The highest BCUT2D eigenvalue weighted by atomic mass is 19.4. The van der Waals surface area contributed by atoms with E-state index in [1.807, 2.05) is 41.2 Å². The third-order valence-electron chi connectivity index (χ3n) is 5.27. The van der Waals surface area contributed by atoms with E-state index >= 15 is 0 Å². The topological polar surface area (TPSA) is 53.1 Å². The van der Waals surface area contributed by atoms with Crippen molar-refractivity contribution in [2.24, 2.45) is 0 Å². The van der Waals surface area contributed by atoms with E-state index in [0.717, 1.165) is 37.9 Å². The number of hydrogen-bond donors (Lipinski definition) is 0. The number of aromatic nitrogens is 3. The van der Waals surface area contributed by atoms with Gasteiger partial charge in [-0.15, -0.1) is 0 Å². The lowest BCUT2D eigenvalue weighted by Crippen LogP contribution is -2.05. The zero-order chi connectivity index (χ0) is 24.7. The molecule has 182 valence electrons. The van der Waals surface area contributed by atoms with E-state index in [1.165, 1.54) is 24.0 Å². The van der Waals surface area contributed by atoms with Gasteiger partial charge in [0, 0.05) is 30.6 Å². The van der Waals surface area contributed by atoms with Gasteiger partial charge in [-0.3, -0.25) is 4.68 Å². The number of alkyl halides is 3. The molecule has 0 N–H and O–H groups in total. The number of oxazole rings is 1. The van der Waals surface area contributed by atoms with Crippen molar-refractivity contribution in [1.29, 1.82) is 0 Å². The van der Waals surface area contributed by atoms with E-state index in [9.17, 15) is 17.6 Å². The van der Waals surface area contributed by atoms with Crippen LogP contribution in [-0.4, -0.2) is 14.8 Å². The van der Waals surface area contributed by atoms with Crippen molar-refractivity contribution >= 4 is 12.2 Å². The molecule has 0 bridgehead atoms. The molecule has 0 amide bonds. The van der Waals surface area contributed by atoms with Crippen molar-refractivity contribution in [3.05, 3.63) is 101 Å². The largest absolute Gasteiger partial charge is 0.487 e. The first-order chi connectivity index (χ1) is 16.9. The van der Waals surface area contributed by atoms with E-state index in [0.29, 0.717) is 17.5 Å². The highest BCUT2D eigenvalue weighted by molar-refractivity contribution is 5.66. The van der Waals surface area contributed by atoms with Crippen LogP contribution in [0.5, 0.6) is 5.75 Å². The fraction of sp³-hybridized carbons (Fsp3) is 0.231. The Balaban J connectivity index is 1.24.